The van der Waals surface area contributed by atoms with E-state index < -0.39 is 0 Å². The summed E-state index contributed by atoms with van der Waals surface area (Å²) in [4.78, 5) is 8.65. The van der Waals surface area contributed by atoms with Gasteiger partial charge in [-0.1, -0.05) is 27.7 Å². The summed E-state index contributed by atoms with van der Waals surface area (Å²) in [5, 5.41) is 4.60. The second-order valence-corrected chi connectivity index (χ2v) is 7.12. The second kappa shape index (κ2) is 9.38. The van der Waals surface area contributed by atoms with Gasteiger partial charge in [0.2, 0.25) is 0 Å². The van der Waals surface area contributed by atoms with Crippen LogP contribution in [0.25, 0.3) is 0 Å². The number of hydrogen-bond acceptors (Lipinski definition) is 5. The van der Waals surface area contributed by atoms with Gasteiger partial charge in [-0.25, -0.2) is 4.98 Å². The summed E-state index contributed by atoms with van der Waals surface area (Å²) >= 11 is 1.83. The molecule has 0 saturated heterocycles. The number of nitrogens with zero attached hydrogens (tertiary/aromatic N) is 2. The van der Waals surface area contributed by atoms with Crippen LogP contribution in [0.1, 0.15) is 51.1 Å². The Hall–Kier alpha value is -0.650. The van der Waals surface area contributed by atoms with E-state index in [1.165, 1.54) is 15.7 Å². The summed E-state index contributed by atoms with van der Waals surface area (Å²) in [7, 11) is 1.73. The average molecular weight is 314 g/mol. The SMILES string of the molecule is CCN(CC(C)C)c1nc(C(C)C)c(CNCCOC)s1. The highest BCUT2D eigenvalue weighted by atomic mass is 32.1. The Bertz CT molecular complexity index is 404. The monoisotopic (exact) mass is 313 g/mol. The standard InChI is InChI=1S/C16H31N3OS/c1-7-19(11-12(2)3)16-18-15(13(4)5)14(21-16)10-17-8-9-20-6/h12-13,17H,7-11H2,1-6H3. The van der Waals surface area contributed by atoms with Crippen molar-refractivity contribution in [2.24, 2.45) is 5.92 Å². The van der Waals surface area contributed by atoms with E-state index in [0.29, 0.717) is 11.8 Å². The van der Waals surface area contributed by atoms with Crippen LogP contribution < -0.4 is 10.2 Å². The molecule has 0 spiro atoms. The molecule has 5 heteroatoms. The Morgan fingerprint density at radius 1 is 1.29 bits per heavy atom. The third kappa shape index (κ3) is 5.93. The van der Waals surface area contributed by atoms with Crippen molar-refractivity contribution in [3.05, 3.63) is 10.6 Å². The maximum absolute atomic E-state index is 5.08. The largest absolute Gasteiger partial charge is 0.383 e. The molecule has 0 atom stereocenters. The predicted molar refractivity (Wildman–Crippen MR) is 92.5 cm³/mol. The molecule has 1 N–H and O–H groups in total. The normalized spacial score (nSPS) is 11.6. The molecule has 0 aromatic carbocycles. The van der Waals surface area contributed by atoms with Gasteiger partial charge in [-0.15, -0.1) is 11.3 Å². The maximum atomic E-state index is 5.08. The number of aromatic nitrogens is 1. The van der Waals surface area contributed by atoms with Gasteiger partial charge in [0.15, 0.2) is 5.13 Å². The smallest absolute Gasteiger partial charge is 0.185 e. The highest BCUT2D eigenvalue weighted by molar-refractivity contribution is 7.15. The van der Waals surface area contributed by atoms with Gasteiger partial charge in [-0.2, -0.15) is 0 Å². The molecule has 1 aromatic heterocycles. The quantitative estimate of drug-likeness (QED) is 0.671. The lowest BCUT2D eigenvalue weighted by Gasteiger charge is -2.21. The van der Waals surface area contributed by atoms with Crippen molar-refractivity contribution in [3.63, 3.8) is 0 Å². The van der Waals surface area contributed by atoms with Crippen LogP contribution in [0.15, 0.2) is 0 Å². The van der Waals surface area contributed by atoms with Gasteiger partial charge in [0, 0.05) is 38.2 Å². The fourth-order valence-corrected chi connectivity index (χ4v) is 3.48. The summed E-state index contributed by atoms with van der Waals surface area (Å²) in [6.45, 7) is 15.7. The summed E-state index contributed by atoms with van der Waals surface area (Å²) < 4.78 is 5.08. The molecule has 0 bridgehead atoms. The molecule has 0 saturated carbocycles. The highest BCUT2D eigenvalue weighted by Gasteiger charge is 2.17. The van der Waals surface area contributed by atoms with E-state index >= 15 is 0 Å². The molecule has 1 rings (SSSR count). The molecule has 122 valence electrons. The molecule has 1 aromatic rings. The third-order valence-corrected chi connectivity index (χ3v) is 4.40. The van der Waals surface area contributed by atoms with Crippen molar-refractivity contribution in [1.82, 2.24) is 10.3 Å². The highest BCUT2D eigenvalue weighted by Crippen LogP contribution is 2.31. The lowest BCUT2D eigenvalue weighted by Crippen LogP contribution is -2.27. The van der Waals surface area contributed by atoms with E-state index in [1.807, 2.05) is 11.3 Å². The first-order valence-corrected chi connectivity index (χ1v) is 8.75. The molecule has 0 aliphatic rings. The maximum Gasteiger partial charge on any atom is 0.185 e. The molecule has 0 unspecified atom stereocenters. The average Bonchev–Trinajstić information content (AvgIpc) is 2.85. The first-order valence-electron chi connectivity index (χ1n) is 7.93. The lowest BCUT2D eigenvalue weighted by atomic mass is 10.1. The van der Waals surface area contributed by atoms with Gasteiger partial charge in [0.05, 0.1) is 12.3 Å². The second-order valence-electron chi connectivity index (χ2n) is 6.06. The van der Waals surface area contributed by atoms with E-state index in [1.54, 1.807) is 7.11 Å². The number of thiazole rings is 1. The molecular weight excluding hydrogens is 282 g/mol. The first kappa shape index (κ1) is 18.4. The summed E-state index contributed by atoms with van der Waals surface area (Å²) in [5.74, 6) is 1.12. The molecule has 4 nitrogen and oxygen atoms in total. The number of hydrogen-bond donors (Lipinski definition) is 1. The predicted octanol–water partition coefficient (Wildman–Crippen LogP) is 3.48. The van der Waals surface area contributed by atoms with Crippen molar-refractivity contribution < 1.29 is 4.74 Å². The van der Waals surface area contributed by atoms with E-state index in [4.69, 9.17) is 9.72 Å². The van der Waals surface area contributed by atoms with E-state index in [9.17, 15) is 0 Å². The van der Waals surface area contributed by atoms with Crippen molar-refractivity contribution >= 4 is 16.5 Å². The van der Waals surface area contributed by atoms with Crippen LogP contribution in [0.5, 0.6) is 0 Å². The van der Waals surface area contributed by atoms with Crippen LogP contribution in [0, 0.1) is 5.92 Å². The zero-order valence-corrected chi connectivity index (χ0v) is 15.2. The summed E-state index contributed by atoms with van der Waals surface area (Å²) in [6, 6.07) is 0. The van der Waals surface area contributed by atoms with Crippen molar-refractivity contribution in [2.75, 3.05) is 38.3 Å². The molecule has 0 radical (unpaired) electrons. The number of methoxy groups -OCH3 is 1. The van der Waals surface area contributed by atoms with E-state index in [0.717, 1.165) is 32.8 Å². The minimum atomic E-state index is 0.465. The van der Waals surface area contributed by atoms with Gasteiger partial charge in [-0.05, 0) is 18.8 Å². The van der Waals surface area contributed by atoms with Crippen molar-refractivity contribution in [3.8, 4) is 0 Å². The van der Waals surface area contributed by atoms with Gasteiger partial charge in [0.25, 0.3) is 0 Å². The molecule has 0 aliphatic carbocycles. The zero-order chi connectivity index (χ0) is 15.8. The summed E-state index contributed by atoms with van der Waals surface area (Å²) in [5.41, 5.74) is 1.24. The first-order chi connectivity index (χ1) is 9.99. The van der Waals surface area contributed by atoms with E-state index in [-0.39, 0.29) is 0 Å². The Morgan fingerprint density at radius 3 is 2.52 bits per heavy atom. The van der Waals surface area contributed by atoms with Crippen LogP contribution in [0.3, 0.4) is 0 Å². The molecule has 0 amide bonds. The summed E-state index contributed by atoms with van der Waals surface area (Å²) in [6.07, 6.45) is 0. The Morgan fingerprint density at radius 2 is 2.00 bits per heavy atom. The Labute approximate surface area is 133 Å². The topological polar surface area (TPSA) is 37.4 Å². The number of ether oxygens (including phenoxy) is 1. The molecule has 21 heavy (non-hydrogen) atoms. The number of anilines is 1. The third-order valence-electron chi connectivity index (χ3n) is 3.27. The van der Waals surface area contributed by atoms with Crippen LogP contribution in [0.4, 0.5) is 5.13 Å². The fourth-order valence-electron chi connectivity index (χ4n) is 2.22. The molecule has 0 aliphatic heterocycles. The van der Waals surface area contributed by atoms with Gasteiger partial charge in [0.1, 0.15) is 0 Å². The van der Waals surface area contributed by atoms with Gasteiger partial charge in [-0.3, -0.25) is 0 Å². The fraction of sp³-hybridized carbons (Fsp3) is 0.812. The molecule has 0 fully saturated rings. The number of rotatable bonds is 10. The van der Waals surface area contributed by atoms with Crippen molar-refractivity contribution in [1.29, 1.82) is 0 Å². The Balaban J connectivity index is 2.81. The van der Waals surface area contributed by atoms with E-state index in [2.05, 4.69) is 44.8 Å². The molecule has 1 heterocycles. The van der Waals surface area contributed by atoms with Crippen LogP contribution in [-0.2, 0) is 11.3 Å². The van der Waals surface area contributed by atoms with Crippen LogP contribution in [0.2, 0.25) is 0 Å². The minimum absolute atomic E-state index is 0.465. The molecular formula is C16H31N3OS. The minimum Gasteiger partial charge on any atom is -0.383 e. The van der Waals surface area contributed by atoms with Crippen LogP contribution >= 0.6 is 11.3 Å². The zero-order valence-electron chi connectivity index (χ0n) is 14.4. The van der Waals surface area contributed by atoms with Gasteiger partial charge >= 0.3 is 0 Å². The van der Waals surface area contributed by atoms with Crippen molar-refractivity contribution in [2.45, 2.75) is 47.1 Å². The lowest BCUT2D eigenvalue weighted by molar-refractivity contribution is 0.199. The number of nitrogens with one attached hydrogen (secondary N) is 1. The Kier molecular flexibility index (Phi) is 8.22. The van der Waals surface area contributed by atoms with Crippen LogP contribution in [-0.4, -0.2) is 38.3 Å². The van der Waals surface area contributed by atoms with Gasteiger partial charge < -0.3 is 15.0 Å².